The molecule has 0 radical (unpaired) electrons. The van der Waals surface area contributed by atoms with Gasteiger partial charge in [0.2, 0.25) is 5.95 Å². The van der Waals surface area contributed by atoms with Gasteiger partial charge in [-0.2, -0.15) is 0 Å². The van der Waals surface area contributed by atoms with Gasteiger partial charge >= 0.3 is 0 Å². The van der Waals surface area contributed by atoms with Gasteiger partial charge in [-0.25, -0.2) is 18.4 Å². The van der Waals surface area contributed by atoms with E-state index in [2.05, 4.69) is 33.6 Å². The summed E-state index contributed by atoms with van der Waals surface area (Å²) in [6.45, 7) is 8.25. The maximum absolute atomic E-state index is 12.1. The summed E-state index contributed by atoms with van der Waals surface area (Å²) in [5.74, 6) is 1.11. The number of benzene rings is 1. The summed E-state index contributed by atoms with van der Waals surface area (Å²) in [5.41, 5.74) is 2.22. The monoisotopic (exact) mass is 404 g/mol. The molecule has 0 bridgehead atoms. The number of aromatic nitrogens is 2. The van der Waals surface area contributed by atoms with E-state index in [0.717, 1.165) is 37.0 Å². The lowest BCUT2D eigenvalue weighted by Crippen LogP contribution is -2.56. The van der Waals surface area contributed by atoms with Gasteiger partial charge < -0.3 is 14.9 Å². The molecule has 0 spiro atoms. The van der Waals surface area contributed by atoms with E-state index in [-0.39, 0.29) is 17.5 Å². The number of nitrogens with zero attached hydrogens (tertiary/aromatic N) is 4. The van der Waals surface area contributed by atoms with Gasteiger partial charge in [-0.3, -0.25) is 0 Å². The molecule has 1 aliphatic heterocycles. The molecular weight excluding hydrogens is 376 g/mol. The molecule has 0 saturated carbocycles. The van der Waals surface area contributed by atoms with Crippen LogP contribution in [0.25, 0.3) is 0 Å². The molecule has 1 atom stereocenters. The fourth-order valence-electron chi connectivity index (χ4n) is 3.65. The Morgan fingerprint density at radius 1 is 1.25 bits per heavy atom. The molecule has 3 rings (SSSR count). The van der Waals surface area contributed by atoms with Gasteiger partial charge in [-0.15, -0.1) is 0 Å². The Balaban J connectivity index is 1.90. The standard InChI is InChI=1S/C20H28N4O3S/c1-14(2)18-12-23(9-10-24(18)20-21-8-7-15(3)22-20)17-6-5-16(13-25)19(11-17)28(4,26)27/h5-8,11,14,18,25H,9-10,12-13H2,1-4H3/t18-/m0/s1. The van der Waals surface area contributed by atoms with Gasteiger partial charge in [-0.05, 0) is 36.6 Å². The van der Waals surface area contributed by atoms with Crippen LogP contribution in [0.4, 0.5) is 11.6 Å². The fourth-order valence-corrected chi connectivity index (χ4v) is 4.60. The summed E-state index contributed by atoms with van der Waals surface area (Å²) in [5, 5.41) is 9.48. The van der Waals surface area contributed by atoms with Crippen molar-refractivity contribution in [1.29, 1.82) is 0 Å². The van der Waals surface area contributed by atoms with Crippen LogP contribution in [0.3, 0.4) is 0 Å². The van der Waals surface area contributed by atoms with Crippen molar-refractivity contribution in [2.45, 2.75) is 38.3 Å². The van der Waals surface area contributed by atoms with Crippen LogP contribution in [0.15, 0.2) is 35.4 Å². The Morgan fingerprint density at radius 3 is 2.61 bits per heavy atom. The normalized spacial score (nSPS) is 18.0. The summed E-state index contributed by atoms with van der Waals surface area (Å²) in [6.07, 6.45) is 2.96. The molecule has 7 nitrogen and oxygen atoms in total. The van der Waals surface area contributed by atoms with Crippen LogP contribution in [0.1, 0.15) is 25.1 Å². The van der Waals surface area contributed by atoms with Gasteiger partial charge in [0.05, 0.1) is 17.5 Å². The largest absolute Gasteiger partial charge is 0.392 e. The fraction of sp³-hybridized carbons (Fsp3) is 0.500. The third-order valence-electron chi connectivity index (χ3n) is 5.21. The van der Waals surface area contributed by atoms with Crippen LogP contribution >= 0.6 is 0 Å². The van der Waals surface area contributed by atoms with Crippen molar-refractivity contribution in [3.63, 3.8) is 0 Å². The first-order chi connectivity index (χ1) is 13.2. The molecule has 1 saturated heterocycles. The van der Waals surface area contributed by atoms with Crippen molar-refractivity contribution in [3.05, 3.63) is 41.7 Å². The molecule has 0 aliphatic carbocycles. The number of rotatable bonds is 5. The van der Waals surface area contributed by atoms with E-state index in [1.807, 2.05) is 19.1 Å². The Hall–Kier alpha value is -2.19. The van der Waals surface area contributed by atoms with E-state index in [1.165, 1.54) is 6.26 Å². The van der Waals surface area contributed by atoms with E-state index < -0.39 is 9.84 Å². The molecule has 1 aliphatic rings. The minimum atomic E-state index is -3.41. The second-order valence-electron chi connectivity index (χ2n) is 7.67. The molecule has 1 aromatic heterocycles. The smallest absolute Gasteiger partial charge is 0.225 e. The number of anilines is 2. The summed E-state index contributed by atoms with van der Waals surface area (Å²) in [7, 11) is -3.41. The maximum atomic E-state index is 12.1. The molecular formula is C20H28N4O3S. The Kier molecular flexibility index (Phi) is 5.90. The zero-order valence-corrected chi connectivity index (χ0v) is 17.6. The second-order valence-corrected chi connectivity index (χ2v) is 9.66. The number of aryl methyl sites for hydroxylation is 1. The second kappa shape index (κ2) is 8.05. The van der Waals surface area contributed by atoms with Crippen LogP contribution in [0.5, 0.6) is 0 Å². The highest BCUT2D eigenvalue weighted by Gasteiger charge is 2.31. The predicted molar refractivity (Wildman–Crippen MR) is 110 cm³/mol. The first-order valence-electron chi connectivity index (χ1n) is 9.45. The molecule has 1 aromatic carbocycles. The molecule has 1 fully saturated rings. The zero-order valence-electron chi connectivity index (χ0n) is 16.8. The average Bonchev–Trinajstić information content (AvgIpc) is 2.66. The van der Waals surface area contributed by atoms with Gasteiger partial charge in [0.15, 0.2) is 9.84 Å². The minimum Gasteiger partial charge on any atom is -0.392 e. The number of hydrogen-bond acceptors (Lipinski definition) is 7. The van der Waals surface area contributed by atoms with Gasteiger partial charge in [0, 0.05) is 43.5 Å². The van der Waals surface area contributed by atoms with Crippen LogP contribution < -0.4 is 9.80 Å². The first-order valence-corrected chi connectivity index (χ1v) is 11.3. The molecule has 2 aromatic rings. The van der Waals surface area contributed by atoms with E-state index in [4.69, 9.17) is 0 Å². The molecule has 2 heterocycles. The van der Waals surface area contributed by atoms with E-state index >= 15 is 0 Å². The average molecular weight is 405 g/mol. The highest BCUT2D eigenvalue weighted by molar-refractivity contribution is 7.90. The number of sulfone groups is 1. The van der Waals surface area contributed by atoms with Crippen LogP contribution in [-0.4, -0.2) is 55.4 Å². The van der Waals surface area contributed by atoms with E-state index in [0.29, 0.717) is 11.5 Å². The first kappa shape index (κ1) is 20.5. The lowest BCUT2D eigenvalue weighted by atomic mass is 9.99. The third-order valence-corrected chi connectivity index (χ3v) is 6.39. The topological polar surface area (TPSA) is 86.6 Å². The maximum Gasteiger partial charge on any atom is 0.225 e. The third kappa shape index (κ3) is 4.28. The minimum absolute atomic E-state index is 0.193. The summed E-state index contributed by atoms with van der Waals surface area (Å²) in [4.78, 5) is 13.7. The molecule has 8 heteroatoms. The van der Waals surface area contributed by atoms with Gasteiger partial charge in [0.1, 0.15) is 0 Å². The molecule has 1 N–H and O–H groups in total. The number of piperazine rings is 1. The molecule has 152 valence electrons. The van der Waals surface area contributed by atoms with Crippen LogP contribution in [-0.2, 0) is 16.4 Å². The number of aliphatic hydroxyl groups excluding tert-OH is 1. The lowest BCUT2D eigenvalue weighted by Gasteiger charge is -2.44. The van der Waals surface area contributed by atoms with Crippen molar-refractivity contribution >= 4 is 21.5 Å². The van der Waals surface area contributed by atoms with E-state index in [1.54, 1.807) is 18.3 Å². The van der Waals surface area contributed by atoms with Crippen LogP contribution in [0.2, 0.25) is 0 Å². The quantitative estimate of drug-likeness (QED) is 0.816. The van der Waals surface area contributed by atoms with Crippen molar-refractivity contribution in [1.82, 2.24) is 9.97 Å². The lowest BCUT2D eigenvalue weighted by molar-refractivity contribution is 0.278. The number of aliphatic hydroxyl groups is 1. The molecule has 0 unspecified atom stereocenters. The summed E-state index contributed by atoms with van der Waals surface area (Å²) >= 11 is 0. The van der Waals surface area contributed by atoms with Crippen molar-refractivity contribution in [2.75, 3.05) is 35.7 Å². The van der Waals surface area contributed by atoms with Crippen molar-refractivity contribution in [2.24, 2.45) is 5.92 Å². The Bertz CT molecular complexity index is 946. The van der Waals surface area contributed by atoms with Crippen molar-refractivity contribution in [3.8, 4) is 0 Å². The van der Waals surface area contributed by atoms with Crippen molar-refractivity contribution < 1.29 is 13.5 Å². The molecule has 0 amide bonds. The zero-order chi connectivity index (χ0) is 20.5. The highest BCUT2D eigenvalue weighted by Crippen LogP contribution is 2.28. The SMILES string of the molecule is Cc1ccnc(N2CCN(c3ccc(CO)c(S(C)(=O)=O)c3)C[C@H]2C(C)C)n1. The Labute approximate surface area is 167 Å². The van der Waals surface area contributed by atoms with Crippen LogP contribution in [0, 0.1) is 12.8 Å². The summed E-state index contributed by atoms with van der Waals surface area (Å²) < 4.78 is 24.3. The Morgan fingerprint density at radius 2 is 2.00 bits per heavy atom. The van der Waals surface area contributed by atoms with E-state index in [9.17, 15) is 13.5 Å². The predicted octanol–water partition coefficient (Wildman–Crippen LogP) is 2.03. The summed E-state index contributed by atoms with van der Waals surface area (Å²) in [6, 6.07) is 7.36. The number of hydrogen-bond donors (Lipinski definition) is 1. The van der Waals surface area contributed by atoms with Gasteiger partial charge in [0.25, 0.3) is 0 Å². The highest BCUT2D eigenvalue weighted by atomic mass is 32.2. The molecule has 28 heavy (non-hydrogen) atoms. The van der Waals surface area contributed by atoms with Gasteiger partial charge in [-0.1, -0.05) is 19.9 Å².